The molecule has 1 nitrogen and oxygen atoms in total. The predicted octanol–water partition coefficient (Wildman–Crippen LogP) is 1.95. The minimum absolute atomic E-state index is 0.323. The predicted molar refractivity (Wildman–Crippen MR) is 43.1 cm³/mol. The summed E-state index contributed by atoms with van der Waals surface area (Å²) >= 11 is 0. The van der Waals surface area contributed by atoms with E-state index in [9.17, 15) is 5.11 Å². The van der Waals surface area contributed by atoms with Crippen LogP contribution in [0.1, 0.15) is 39.9 Å². The van der Waals surface area contributed by atoms with Crippen LogP contribution in [0.2, 0.25) is 0 Å². The Kier molecular flexibility index (Phi) is 0.923. The lowest BCUT2D eigenvalue weighted by molar-refractivity contribution is -0.0271. The molecule has 3 rings (SSSR count). The minimum atomic E-state index is -1.05. The molecule has 2 bridgehead atoms. The largest absolute Gasteiger partial charge is 0.393 e. The van der Waals surface area contributed by atoms with Gasteiger partial charge in [0.05, 0.1) is 7.45 Å². The van der Waals surface area contributed by atoms with Crippen LogP contribution in [0, 0.1) is 17.3 Å². The Labute approximate surface area is 69.2 Å². The van der Waals surface area contributed by atoms with Gasteiger partial charge in [0, 0.05) is 0 Å². The van der Waals surface area contributed by atoms with E-state index < -0.39 is 6.08 Å². The van der Waals surface area contributed by atoms with Crippen molar-refractivity contribution in [2.45, 2.75) is 44.6 Å². The highest BCUT2D eigenvalue weighted by atomic mass is 16.3. The van der Waals surface area contributed by atoms with E-state index in [1.165, 1.54) is 25.7 Å². The first-order chi connectivity index (χ1) is 5.62. The molecule has 3 aliphatic carbocycles. The topological polar surface area (TPSA) is 20.2 Å². The number of rotatable bonds is 0. The summed E-state index contributed by atoms with van der Waals surface area (Å²) in [6.45, 7) is 0. The van der Waals surface area contributed by atoms with Crippen LogP contribution >= 0.6 is 0 Å². The van der Waals surface area contributed by atoms with E-state index in [1.807, 2.05) is 0 Å². The highest BCUT2D eigenvalue weighted by Crippen LogP contribution is 2.64. The second kappa shape index (κ2) is 1.82. The van der Waals surface area contributed by atoms with Crippen molar-refractivity contribution in [3.8, 4) is 0 Å². The fraction of sp³-hybridized carbons (Fsp3) is 1.00. The SMILES string of the molecule is [2H][C@@]1(O)C[C@@H]2C[C@H]1C1(CCC1)C2. The quantitative estimate of drug-likeness (QED) is 0.564. The van der Waals surface area contributed by atoms with Gasteiger partial charge in [0.15, 0.2) is 0 Å². The molecule has 1 heteroatoms. The van der Waals surface area contributed by atoms with Crippen LogP contribution in [0.4, 0.5) is 0 Å². The van der Waals surface area contributed by atoms with E-state index >= 15 is 0 Å². The van der Waals surface area contributed by atoms with Crippen molar-refractivity contribution in [2.75, 3.05) is 0 Å². The van der Waals surface area contributed by atoms with Crippen molar-refractivity contribution in [1.29, 1.82) is 0 Å². The highest BCUT2D eigenvalue weighted by Gasteiger charge is 2.57. The van der Waals surface area contributed by atoms with E-state index in [-0.39, 0.29) is 0 Å². The van der Waals surface area contributed by atoms with E-state index in [0.29, 0.717) is 17.3 Å². The highest BCUT2D eigenvalue weighted by molar-refractivity contribution is 5.07. The van der Waals surface area contributed by atoms with Crippen molar-refractivity contribution < 1.29 is 6.48 Å². The Bertz CT molecular complexity index is 220. The molecule has 0 radical (unpaired) electrons. The third-order valence-electron chi connectivity index (χ3n) is 4.25. The summed E-state index contributed by atoms with van der Waals surface area (Å²) in [5, 5.41) is 9.85. The summed E-state index contributed by atoms with van der Waals surface area (Å²) in [4.78, 5) is 0. The first-order valence-corrected chi connectivity index (χ1v) is 4.85. The first kappa shape index (κ1) is 5.58. The summed E-state index contributed by atoms with van der Waals surface area (Å²) in [6.07, 6.45) is 6.06. The van der Waals surface area contributed by atoms with Crippen LogP contribution in [0.3, 0.4) is 0 Å². The van der Waals surface area contributed by atoms with E-state index in [1.54, 1.807) is 0 Å². The van der Waals surface area contributed by atoms with E-state index in [0.717, 1.165) is 12.8 Å². The Hall–Kier alpha value is -0.0400. The van der Waals surface area contributed by atoms with E-state index in [4.69, 9.17) is 1.37 Å². The van der Waals surface area contributed by atoms with Crippen LogP contribution in [0.5, 0.6) is 0 Å². The minimum Gasteiger partial charge on any atom is -0.393 e. The third kappa shape index (κ3) is 0.658. The molecule has 0 heterocycles. The number of hydrogen-bond acceptors (Lipinski definition) is 1. The summed E-state index contributed by atoms with van der Waals surface area (Å²) < 4.78 is 7.82. The van der Waals surface area contributed by atoms with Crippen LogP contribution in [0.25, 0.3) is 0 Å². The molecule has 0 saturated heterocycles. The molecule has 1 spiro atoms. The molecule has 0 unspecified atom stereocenters. The van der Waals surface area contributed by atoms with Crippen molar-refractivity contribution in [3.05, 3.63) is 0 Å². The lowest BCUT2D eigenvalue weighted by atomic mass is 9.59. The molecule has 3 fully saturated rings. The Morgan fingerprint density at radius 2 is 2.18 bits per heavy atom. The average Bonchev–Trinajstić information content (AvgIpc) is 2.36. The maximum absolute atomic E-state index is 9.85. The summed E-state index contributed by atoms with van der Waals surface area (Å²) in [5.74, 6) is 1.00. The van der Waals surface area contributed by atoms with Crippen molar-refractivity contribution in [2.24, 2.45) is 17.3 Å². The van der Waals surface area contributed by atoms with E-state index in [2.05, 4.69) is 0 Å². The maximum atomic E-state index is 9.85. The van der Waals surface area contributed by atoms with Gasteiger partial charge in [0.2, 0.25) is 0 Å². The molecule has 3 saturated carbocycles. The van der Waals surface area contributed by atoms with Gasteiger partial charge in [-0.15, -0.1) is 0 Å². The fourth-order valence-electron chi connectivity index (χ4n) is 3.65. The third-order valence-corrected chi connectivity index (χ3v) is 4.25. The Balaban J connectivity index is 1.93. The zero-order chi connectivity index (χ0) is 8.40. The second-order valence-electron chi connectivity index (χ2n) is 4.77. The van der Waals surface area contributed by atoms with Crippen molar-refractivity contribution in [1.82, 2.24) is 0 Å². The lowest BCUT2D eigenvalue weighted by Crippen LogP contribution is -2.40. The van der Waals surface area contributed by atoms with Gasteiger partial charge in [-0.05, 0) is 49.4 Å². The molecule has 0 amide bonds. The molecular formula is C10H16O. The monoisotopic (exact) mass is 153 g/mol. The van der Waals surface area contributed by atoms with Gasteiger partial charge in [-0.2, -0.15) is 0 Å². The van der Waals surface area contributed by atoms with Gasteiger partial charge in [-0.25, -0.2) is 0 Å². The molecule has 62 valence electrons. The zero-order valence-corrected chi connectivity index (χ0v) is 6.84. The van der Waals surface area contributed by atoms with Crippen LogP contribution in [-0.2, 0) is 0 Å². The van der Waals surface area contributed by atoms with Gasteiger partial charge in [-0.1, -0.05) is 6.42 Å². The van der Waals surface area contributed by atoms with Crippen molar-refractivity contribution in [3.63, 3.8) is 0 Å². The van der Waals surface area contributed by atoms with Crippen LogP contribution in [0.15, 0.2) is 0 Å². The Morgan fingerprint density at radius 3 is 2.55 bits per heavy atom. The van der Waals surface area contributed by atoms with Gasteiger partial charge in [-0.3, -0.25) is 0 Å². The second-order valence-corrected chi connectivity index (χ2v) is 4.77. The van der Waals surface area contributed by atoms with Gasteiger partial charge in [0.1, 0.15) is 0 Å². The summed E-state index contributed by atoms with van der Waals surface area (Å²) in [6, 6.07) is 0. The van der Waals surface area contributed by atoms with Gasteiger partial charge < -0.3 is 5.11 Å². The molecular weight excluding hydrogens is 136 g/mol. The average molecular weight is 153 g/mol. The number of fused-ring (bicyclic) bond motifs is 3. The molecule has 0 aliphatic heterocycles. The van der Waals surface area contributed by atoms with Crippen LogP contribution < -0.4 is 0 Å². The summed E-state index contributed by atoms with van der Waals surface area (Å²) in [7, 11) is 0. The molecule has 0 aromatic heterocycles. The Morgan fingerprint density at radius 1 is 1.36 bits per heavy atom. The lowest BCUT2D eigenvalue weighted by Gasteiger charge is -2.47. The standard InChI is InChI=1S/C10H16O/c11-9-5-7-4-8(9)10(6-7)2-1-3-10/h7-9,11H,1-6H2/t7-,8+,9+/m0/s1/i9D. The zero-order valence-electron chi connectivity index (χ0n) is 7.84. The van der Waals surface area contributed by atoms with Crippen molar-refractivity contribution >= 4 is 0 Å². The molecule has 3 atom stereocenters. The fourth-order valence-corrected chi connectivity index (χ4v) is 3.65. The normalized spacial score (nSPS) is 59.5. The smallest absolute Gasteiger partial charge is 0.0604 e. The van der Waals surface area contributed by atoms with Gasteiger partial charge in [0.25, 0.3) is 0 Å². The molecule has 3 aliphatic rings. The first-order valence-electron chi connectivity index (χ1n) is 5.35. The number of aliphatic hydroxyl groups is 1. The molecule has 11 heavy (non-hydrogen) atoms. The molecule has 0 aromatic carbocycles. The van der Waals surface area contributed by atoms with Crippen LogP contribution in [-0.4, -0.2) is 11.2 Å². The molecule has 1 N–H and O–H groups in total. The number of hydrogen-bond donors (Lipinski definition) is 1. The maximum Gasteiger partial charge on any atom is 0.0604 e. The molecule has 0 aromatic rings. The summed E-state index contributed by atoms with van der Waals surface area (Å²) in [5.41, 5.74) is 0.430. The van der Waals surface area contributed by atoms with Gasteiger partial charge >= 0.3 is 0 Å².